The minimum absolute atomic E-state index is 0.559. The largest absolute Gasteiger partial charge is 0.495 e. The van der Waals surface area contributed by atoms with Crippen LogP contribution < -0.4 is 0 Å². The maximum absolute atomic E-state index is 9.72. The normalized spacial score (nSPS) is 28.7. The van der Waals surface area contributed by atoms with Gasteiger partial charge in [0.25, 0.3) is 0 Å². The van der Waals surface area contributed by atoms with Crippen LogP contribution in [-0.2, 0) is 4.74 Å². The maximum Gasteiger partial charge on any atom is 0.124 e. The first-order chi connectivity index (χ1) is 4.81. The van der Waals surface area contributed by atoms with Crippen LogP contribution in [0.4, 0.5) is 0 Å². The van der Waals surface area contributed by atoms with Crippen molar-refractivity contribution in [2.45, 2.75) is 31.3 Å². The Bertz CT molecular complexity index is 168. The van der Waals surface area contributed by atoms with Crippen molar-refractivity contribution in [3.05, 3.63) is 11.8 Å². The lowest BCUT2D eigenvalue weighted by atomic mass is 9.79. The second-order valence-electron chi connectivity index (χ2n) is 3.09. The molecule has 10 heavy (non-hydrogen) atoms. The van der Waals surface area contributed by atoms with Crippen LogP contribution >= 0.6 is 0 Å². The van der Waals surface area contributed by atoms with Gasteiger partial charge in [0.05, 0.1) is 6.61 Å². The van der Waals surface area contributed by atoms with Crippen LogP contribution in [0, 0.1) is 0 Å². The number of hydrogen-bond donors (Lipinski definition) is 1. The molecule has 1 saturated carbocycles. The molecule has 1 N–H and O–H groups in total. The minimum Gasteiger partial charge on any atom is -0.495 e. The van der Waals surface area contributed by atoms with Crippen molar-refractivity contribution >= 4 is 0 Å². The second kappa shape index (κ2) is 1.99. The molecule has 1 aliphatic carbocycles. The van der Waals surface area contributed by atoms with Gasteiger partial charge in [-0.05, 0) is 25.3 Å². The zero-order valence-corrected chi connectivity index (χ0v) is 5.97. The fourth-order valence-electron chi connectivity index (χ4n) is 1.50. The average Bonchev–Trinajstić information content (AvgIpc) is 2.33. The van der Waals surface area contributed by atoms with Gasteiger partial charge in [-0.25, -0.2) is 0 Å². The summed E-state index contributed by atoms with van der Waals surface area (Å²) in [5.41, 5.74) is -0.559. The summed E-state index contributed by atoms with van der Waals surface area (Å²) >= 11 is 0. The van der Waals surface area contributed by atoms with Gasteiger partial charge in [-0.3, -0.25) is 0 Å². The number of aliphatic hydroxyl groups is 1. The first kappa shape index (κ1) is 6.23. The number of ether oxygens (including phenoxy) is 1. The third-order valence-corrected chi connectivity index (χ3v) is 2.34. The Labute approximate surface area is 60.5 Å². The molecule has 0 aromatic carbocycles. The quantitative estimate of drug-likeness (QED) is 0.593. The van der Waals surface area contributed by atoms with Crippen LogP contribution in [0.15, 0.2) is 11.8 Å². The highest BCUT2D eigenvalue weighted by Gasteiger charge is 2.40. The molecule has 2 aliphatic rings. The van der Waals surface area contributed by atoms with Crippen molar-refractivity contribution in [1.29, 1.82) is 0 Å². The maximum atomic E-state index is 9.72. The highest BCUT2D eigenvalue weighted by Crippen LogP contribution is 2.39. The molecule has 0 amide bonds. The Morgan fingerprint density at radius 1 is 1.50 bits per heavy atom. The van der Waals surface area contributed by atoms with Gasteiger partial charge in [0.1, 0.15) is 11.4 Å². The minimum atomic E-state index is -0.559. The average molecular weight is 140 g/mol. The third-order valence-electron chi connectivity index (χ3n) is 2.34. The third kappa shape index (κ3) is 0.754. The fourth-order valence-corrected chi connectivity index (χ4v) is 1.50. The van der Waals surface area contributed by atoms with Gasteiger partial charge in [-0.2, -0.15) is 0 Å². The molecule has 0 radical (unpaired) electrons. The van der Waals surface area contributed by atoms with E-state index in [0.717, 1.165) is 38.0 Å². The molecule has 56 valence electrons. The van der Waals surface area contributed by atoms with Gasteiger partial charge in [-0.1, -0.05) is 0 Å². The van der Waals surface area contributed by atoms with E-state index in [-0.39, 0.29) is 0 Å². The van der Waals surface area contributed by atoms with Crippen molar-refractivity contribution in [1.82, 2.24) is 0 Å². The molecule has 0 aromatic heterocycles. The molecular weight excluding hydrogens is 128 g/mol. The lowest BCUT2D eigenvalue weighted by Crippen LogP contribution is -2.38. The predicted octanol–water partition coefficient (Wildman–Crippen LogP) is 1.21. The van der Waals surface area contributed by atoms with Gasteiger partial charge in [0.2, 0.25) is 0 Å². The zero-order valence-electron chi connectivity index (χ0n) is 5.97. The van der Waals surface area contributed by atoms with E-state index in [4.69, 9.17) is 4.74 Å². The topological polar surface area (TPSA) is 29.5 Å². The second-order valence-corrected chi connectivity index (χ2v) is 3.09. The summed E-state index contributed by atoms with van der Waals surface area (Å²) in [6.07, 6.45) is 5.89. The molecule has 0 saturated heterocycles. The summed E-state index contributed by atoms with van der Waals surface area (Å²) in [7, 11) is 0. The molecular formula is C8H12O2. The van der Waals surface area contributed by atoms with E-state index < -0.39 is 5.60 Å². The molecule has 0 bridgehead atoms. The molecule has 2 heteroatoms. The first-order valence-electron chi connectivity index (χ1n) is 3.87. The lowest BCUT2D eigenvalue weighted by molar-refractivity contribution is -0.0412. The molecule has 2 nitrogen and oxygen atoms in total. The summed E-state index contributed by atoms with van der Waals surface area (Å²) in [5, 5.41) is 9.72. The lowest BCUT2D eigenvalue weighted by Gasteiger charge is -2.36. The highest BCUT2D eigenvalue weighted by molar-refractivity contribution is 5.16. The SMILES string of the molecule is OC1(C2=CCCO2)CCC1. The summed E-state index contributed by atoms with van der Waals surface area (Å²) in [4.78, 5) is 0. The van der Waals surface area contributed by atoms with Crippen molar-refractivity contribution in [2.24, 2.45) is 0 Å². The van der Waals surface area contributed by atoms with E-state index >= 15 is 0 Å². The van der Waals surface area contributed by atoms with Crippen molar-refractivity contribution in [3.8, 4) is 0 Å². The smallest absolute Gasteiger partial charge is 0.124 e. The molecule has 0 unspecified atom stereocenters. The van der Waals surface area contributed by atoms with Crippen LogP contribution in [0.5, 0.6) is 0 Å². The van der Waals surface area contributed by atoms with Crippen LogP contribution in [0.1, 0.15) is 25.7 Å². The Hall–Kier alpha value is -0.500. The summed E-state index contributed by atoms with van der Waals surface area (Å²) in [5.74, 6) is 0.832. The van der Waals surface area contributed by atoms with Gasteiger partial charge < -0.3 is 9.84 Å². The molecule has 0 spiro atoms. The van der Waals surface area contributed by atoms with Crippen LogP contribution in [-0.4, -0.2) is 17.3 Å². The Balaban J connectivity index is 2.09. The van der Waals surface area contributed by atoms with Crippen molar-refractivity contribution in [3.63, 3.8) is 0 Å². The van der Waals surface area contributed by atoms with E-state index in [9.17, 15) is 5.11 Å². The number of hydrogen-bond acceptors (Lipinski definition) is 2. The van der Waals surface area contributed by atoms with E-state index in [1.807, 2.05) is 6.08 Å². The Morgan fingerprint density at radius 3 is 2.70 bits per heavy atom. The number of rotatable bonds is 1. The summed E-state index contributed by atoms with van der Waals surface area (Å²) in [6, 6.07) is 0. The van der Waals surface area contributed by atoms with Crippen molar-refractivity contribution < 1.29 is 9.84 Å². The molecule has 2 rings (SSSR count). The molecule has 1 aliphatic heterocycles. The van der Waals surface area contributed by atoms with Gasteiger partial charge in [0.15, 0.2) is 0 Å². The molecule has 1 fully saturated rings. The highest BCUT2D eigenvalue weighted by atomic mass is 16.5. The summed E-state index contributed by atoms with van der Waals surface area (Å²) in [6.45, 7) is 0.762. The predicted molar refractivity (Wildman–Crippen MR) is 37.5 cm³/mol. The van der Waals surface area contributed by atoms with E-state index in [1.165, 1.54) is 0 Å². The van der Waals surface area contributed by atoms with Crippen LogP contribution in [0.2, 0.25) is 0 Å². The van der Waals surface area contributed by atoms with E-state index in [2.05, 4.69) is 0 Å². The Kier molecular flexibility index (Phi) is 1.24. The van der Waals surface area contributed by atoms with Gasteiger partial charge in [-0.15, -0.1) is 0 Å². The standard InChI is InChI=1S/C8H12O2/c9-8(4-2-5-8)7-3-1-6-10-7/h3,9H,1-2,4-6H2. The van der Waals surface area contributed by atoms with Crippen LogP contribution in [0.25, 0.3) is 0 Å². The molecule has 1 heterocycles. The molecule has 0 atom stereocenters. The molecule has 0 aromatic rings. The van der Waals surface area contributed by atoms with E-state index in [0.29, 0.717) is 0 Å². The van der Waals surface area contributed by atoms with Crippen molar-refractivity contribution in [2.75, 3.05) is 6.61 Å². The van der Waals surface area contributed by atoms with Gasteiger partial charge in [0, 0.05) is 6.42 Å². The zero-order chi connectivity index (χ0) is 7.03. The first-order valence-corrected chi connectivity index (χ1v) is 3.87. The van der Waals surface area contributed by atoms with Crippen LogP contribution in [0.3, 0.4) is 0 Å². The summed E-state index contributed by atoms with van der Waals surface area (Å²) < 4.78 is 5.27. The fraction of sp³-hybridized carbons (Fsp3) is 0.750. The monoisotopic (exact) mass is 140 g/mol. The van der Waals surface area contributed by atoms with E-state index in [1.54, 1.807) is 0 Å². The van der Waals surface area contributed by atoms with Gasteiger partial charge >= 0.3 is 0 Å². The Morgan fingerprint density at radius 2 is 2.30 bits per heavy atom.